The van der Waals surface area contributed by atoms with Crippen molar-refractivity contribution in [2.24, 2.45) is 0 Å². The topological polar surface area (TPSA) is 114 Å². The lowest BCUT2D eigenvalue weighted by Gasteiger charge is -2.44. The van der Waals surface area contributed by atoms with E-state index in [0.717, 1.165) is 42.2 Å². The van der Waals surface area contributed by atoms with Crippen molar-refractivity contribution in [1.29, 1.82) is 0 Å². The number of esters is 1. The highest BCUT2D eigenvalue weighted by Crippen LogP contribution is 2.31. The van der Waals surface area contributed by atoms with Gasteiger partial charge in [-0.15, -0.1) is 11.3 Å². The quantitative estimate of drug-likeness (QED) is 0.558. The summed E-state index contributed by atoms with van der Waals surface area (Å²) >= 11 is 1.40. The summed E-state index contributed by atoms with van der Waals surface area (Å²) in [5, 5.41) is 6.88. The van der Waals surface area contributed by atoms with Crippen molar-refractivity contribution in [2.45, 2.75) is 88.7 Å². The van der Waals surface area contributed by atoms with E-state index < -0.39 is 30.4 Å². The normalized spacial score (nSPS) is 28.2. The molecule has 0 saturated carbocycles. The maximum Gasteiger partial charge on any atom is 0.310 e. The Kier molecular flexibility index (Phi) is 7.76. The Morgan fingerprint density at radius 3 is 2.68 bits per heavy atom. The monoisotopic (exact) mass is 527 g/mol. The molecule has 1 aromatic heterocycles. The van der Waals surface area contributed by atoms with Crippen molar-refractivity contribution >= 4 is 45.1 Å². The van der Waals surface area contributed by atoms with Gasteiger partial charge in [0.25, 0.3) is 5.91 Å². The zero-order valence-corrected chi connectivity index (χ0v) is 21.8. The lowest BCUT2D eigenvalue weighted by molar-refractivity contribution is -0.165. The van der Waals surface area contributed by atoms with E-state index in [1.54, 1.807) is 11.8 Å². The summed E-state index contributed by atoms with van der Waals surface area (Å²) in [4.78, 5) is 54.6. The van der Waals surface area contributed by atoms with Gasteiger partial charge in [-0.05, 0) is 56.5 Å². The Balaban J connectivity index is 1.32. The van der Waals surface area contributed by atoms with E-state index in [9.17, 15) is 19.2 Å². The van der Waals surface area contributed by atoms with Gasteiger partial charge in [-0.1, -0.05) is 31.0 Å². The average Bonchev–Trinajstić information content (AvgIpc) is 3.47. The van der Waals surface area contributed by atoms with Crippen LogP contribution in [-0.2, 0) is 23.9 Å². The van der Waals surface area contributed by atoms with Crippen LogP contribution in [0, 0.1) is 0 Å². The van der Waals surface area contributed by atoms with E-state index in [-0.39, 0.29) is 30.2 Å². The van der Waals surface area contributed by atoms with E-state index in [1.807, 2.05) is 30.3 Å². The minimum atomic E-state index is -0.822. The van der Waals surface area contributed by atoms with Crippen LogP contribution in [0.25, 0.3) is 10.1 Å². The smallest absolute Gasteiger partial charge is 0.310 e. The number of hydrogen-bond donors (Lipinski definition) is 2. The number of nitrogens with one attached hydrogen (secondary N) is 2. The van der Waals surface area contributed by atoms with Crippen LogP contribution in [-0.4, -0.2) is 65.7 Å². The number of fused-ring (bicyclic) bond motifs is 2. The molecule has 4 heterocycles. The van der Waals surface area contributed by atoms with E-state index in [2.05, 4.69) is 10.6 Å². The van der Waals surface area contributed by atoms with Crippen LogP contribution in [0.4, 0.5) is 0 Å². The predicted molar refractivity (Wildman–Crippen MR) is 138 cm³/mol. The number of carbonyl (C=O) groups is 4. The van der Waals surface area contributed by atoms with Gasteiger partial charge in [0.15, 0.2) is 0 Å². The van der Waals surface area contributed by atoms with Gasteiger partial charge >= 0.3 is 5.97 Å². The van der Waals surface area contributed by atoms with Crippen LogP contribution in [0.3, 0.4) is 0 Å². The van der Waals surface area contributed by atoms with Gasteiger partial charge in [-0.25, -0.2) is 0 Å². The molecule has 10 heteroatoms. The van der Waals surface area contributed by atoms with Crippen LogP contribution >= 0.6 is 11.3 Å². The number of hydrogen-bond acceptors (Lipinski definition) is 7. The molecule has 3 amide bonds. The second-order valence-corrected chi connectivity index (χ2v) is 11.0. The molecule has 2 N–H and O–H groups in total. The van der Waals surface area contributed by atoms with Gasteiger partial charge in [0, 0.05) is 17.3 Å². The molecule has 9 nitrogen and oxygen atoms in total. The molecule has 0 bridgehead atoms. The number of carbonyl (C=O) groups excluding carboxylic acids is 4. The Bertz CT molecular complexity index is 1150. The minimum absolute atomic E-state index is 0.0361. The fraction of sp³-hybridized carbons (Fsp3) is 0.556. The predicted octanol–water partition coefficient (Wildman–Crippen LogP) is 3.12. The summed E-state index contributed by atoms with van der Waals surface area (Å²) in [5.41, 5.74) is 0. The Hall–Kier alpha value is -2.98. The molecule has 0 radical (unpaired) electrons. The molecule has 3 aliphatic heterocycles. The van der Waals surface area contributed by atoms with Crippen LogP contribution in [0.5, 0.6) is 0 Å². The molecule has 0 aliphatic carbocycles. The first kappa shape index (κ1) is 25.7. The van der Waals surface area contributed by atoms with E-state index in [1.165, 1.54) is 11.3 Å². The molecule has 3 fully saturated rings. The summed E-state index contributed by atoms with van der Waals surface area (Å²) in [6, 6.07) is 7.66. The second-order valence-electron chi connectivity index (χ2n) is 9.94. The number of cyclic esters (lactones) is 1. The number of benzene rings is 1. The van der Waals surface area contributed by atoms with E-state index in [4.69, 9.17) is 9.47 Å². The van der Waals surface area contributed by atoms with Crippen LogP contribution in [0.1, 0.15) is 68.0 Å². The molecular formula is C27H33N3O6S. The fourth-order valence-corrected chi connectivity index (χ4v) is 6.66. The molecule has 5 rings (SSSR count). The first-order valence-corrected chi connectivity index (χ1v) is 14.0. The van der Waals surface area contributed by atoms with Gasteiger partial charge < -0.3 is 25.0 Å². The van der Waals surface area contributed by atoms with Crippen molar-refractivity contribution in [2.75, 3.05) is 6.61 Å². The Labute approximate surface area is 219 Å². The number of rotatable bonds is 6. The maximum absolute atomic E-state index is 13.9. The molecule has 5 atom stereocenters. The Morgan fingerprint density at radius 2 is 1.86 bits per heavy atom. The SMILES string of the molecule is CCOC1OC(=O)CC1NC(=O)[C@@H]1CCC[C@@H]2CCCC[C@H](NC(=O)c3cc4ccccc4s3)C(=O)N21. The van der Waals surface area contributed by atoms with Gasteiger partial charge in [0.1, 0.15) is 18.1 Å². The second kappa shape index (κ2) is 11.2. The van der Waals surface area contributed by atoms with Gasteiger partial charge in [-0.3, -0.25) is 19.2 Å². The third-order valence-electron chi connectivity index (χ3n) is 7.46. The summed E-state index contributed by atoms with van der Waals surface area (Å²) in [6.07, 6.45) is 4.54. The summed E-state index contributed by atoms with van der Waals surface area (Å²) in [7, 11) is 0. The van der Waals surface area contributed by atoms with Gasteiger partial charge in [0.2, 0.25) is 18.1 Å². The molecule has 37 heavy (non-hydrogen) atoms. The molecule has 3 saturated heterocycles. The summed E-state index contributed by atoms with van der Waals surface area (Å²) in [5.74, 6) is -1.20. The first-order valence-electron chi connectivity index (χ1n) is 13.2. The fourth-order valence-electron chi connectivity index (χ4n) is 5.69. The van der Waals surface area contributed by atoms with Crippen molar-refractivity contribution in [1.82, 2.24) is 15.5 Å². The molecular weight excluding hydrogens is 494 g/mol. The van der Waals surface area contributed by atoms with E-state index in [0.29, 0.717) is 24.3 Å². The molecule has 2 aromatic rings. The number of amides is 3. The molecule has 0 spiro atoms. The summed E-state index contributed by atoms with van der Waals surface area (Å²) < 4.78 is 11.7. The Morgan fingerprint density at radius 1 is 1.08 bits per heavy atom. The van der Waals surface area contributed by atoms with Crippen molar-refractivity contribution in [3.8, 4) is 0 Å². The van der Waals surface area contributed by atoms with Crippen LogP contribution in [0.15, 0.2) is 30.3 Å². The summed E-state index contributed by atoms with van der Waals surface area (Å²) in [6.45, 7) is 2.14. The van der Waals surface area contributed by atoms with Crippen LogP contribution < -0.4 is 10.6 Å². The molecule has 1 aromatic carbocycles. The lowest BCUT2D eigenvalue weighted by Crippen LogP contribution is -2.62. The van der Waals surface area contributed by atoms with Crippen molar-refractivity contribution < 1.29 is 28.7 Å². The number of thiophene rings is 1. The van der Waals surface area contributed by atoms with E-state index >= 15 is 0 Å². The first-order chi connectivity index (χ1) is 17.9. The average molecular weight is 528 g/mol. The largest absolute Gasteiger partial charge is 0.433 e. The highest BCUT2D eigenvalue weighted by molar-refractivity contribution is 7.20. The van der Waals surface area contributed by atoms with Gasteiger partial charge in [-0.2, -0.15) is 0 Å². The molecule has 3 aliphatic rings. The number of ether oxygens (including phenoxy) is 2. The third-order valence-corrected chi connectivity index (χ3v) is 8.57. The number of piperidine rings is 1. The highest BCUT2D eigenvalue weighted by atomic mass is 32.1. The highest BCUT2D eigenvalue weighted by Gasteiger charge is 2.44. The lowest BCUT2D eigenvalue weighted by atomic mass is 9.88. The van der Waals surface area contributed by atoms with Gasteiger partial charge in [0.05, 0.1) is 11.3 Å². The van der Waals surface area contributed by atoms with Crippen LogP contribution in [0.2, 0.25) is 0 Å². The standard InChI is InChI=1S/C27H33N3O6S/c1-2-35-27-19(15-23(31)36-27)29-24(32)20-12-7-10-17-9-4-5-11-18(26(34)30(17)20)28-25(33)22-14-16-8-3-6-13-21(16)37-22/h3,6,8,13-14,17-20,27H,2,4-5,7,9-12,15H2,1H3,(H,28,33)(H,29,32)/t17-,18-,19?,20-,27?/m0/s1. The molecule has 198 valence electrons. The zero-order chi connectivity index (χ0) is 25.9. The van der Waals surface area contributed by atoms with Crippen molar-refractivity contribution in [3.05, 3.63) is 35.2 Å². The number of nitrogens with zero attached hydrogens (tertiary/aromatic N) is 1. The maximum atomic E-state index is 13.9. The minimum Gasteiger partial charge on any atom is -0.433 e. The van der Waals surface area contributed by atoms with Crippen molar-refractivity contribution in [3.63, 3.8) is 0 Å². The zero-order valence-electron chi connectivity index (χ0n) is 20.9. The molecule has 2 unspecified atom stereocenters. The third kappa shape index (κ3) is 5.50.